The molecule has 22 heavy (non-hydrogen) atoms. The maximum absolute atomic E-state index is 11.7. The zero-order valence-electron chi connectivity index (χ0n) is 11.8. The molecule has 2 rings (SSSR count). The second-order valence-corrected chi connectivity index (χ2v) is 4.69. The van der Waals surface area contributed by atoms with Crippen LogP contribution in [0.1, 0.15) is 10.5 Å². The fraction of sp³-hybridized carbons (Fsp3) is 0.462. The van der Waals surface area contributed by atoms with Crippen molar-refractivity contribution in [3.63, 3.8) is 0 Å². The van der Waals surface area contributed by atoms with Crippen molar-refractivity contribution < 1.29 is 14.7 Å². The van der Waals surface area contributed by atoms with Crippen molar-refractivity contribution in [3.8, 4) is 0 Å². The molecule has 0 radical (unpaired) electrons. The largest absolute Gasteiger partial charge is 0.391 e. The van der Waals surface area contributed by atoms with Gasteiger partial charge < -0.3 is 21.1 Å². The minimum Gasteiger partial charge on any atom is -0.391 e. The molecule has 4 N–H and O–H groups in total. The molecule has 124 valence electrons. The Morgan fingerprint density at radius 1 is 1.27 bits per heavy atom. The van der Waals surface area contributed by atoms with Crippen LogP contribution >= 0.6 is 24.8 Å². The predicted molar refractivity (Wildman–Crippen MR) is 86.4 cm³/mol. The van der Waals surface area contributed by atoms with Gasteiger partial charge in [0, 0.05) is 31.7 Å². The molecule has 2 unspecified atom stereocenters. The van der Waals surface area contributed by atoms with Gasteiger partial charge in [-0.2, -0.15) is 0 Å². The average molecular weight is 351 g/mol. The standard InChI is InChI=1S/C13H18N4O3.2ClH/c18-11-7-14-5-9(11)6-16-12(19)8-17-13(20)10-3-1-2-4-15-10;;/h1-4,9,11,14,18H,5-8H2,(H,16,19)(H,17,20);2*1H. The van der Waals surface area contributed by atoms with Gasteiger partial charge in [-0.15, -0.1) is 24.8 Å². The second-order valence-electron chi connectivity index (χ2n) is 4.69. The van der Waals surface area contributed by atoms with Crippen LogP contribution in [0.5, 0.6) is 0 Å². The first-order valence-electron chi connectivity index (χ1n) is 6.51. The highest BCUT2D eigenvalue weighted by Gasteiger charge is 2.24. The van der Waals surface area contributed by atoms with Gasteiger partial charge in [-0.1, -0.05) is 6.07 Å². The molecule has 1 aromatic rings. The molecule has 1 aromatic heterocycles. The van der Waals surface area contributed by atoms with Crippen LogP contribution in [0.3, 0.4) is 0 Å². The number of amides is 2. The Labute approximate surface area is 141 Å². The van der Waals surface area contributed by atoms with E-state index >= 15 is 0 Å². The van der Waals surface area contributed by atoms with E-state index in [2.05, 4.69) is 20.9 Å². The first-order chi connectivity index (χ1) is 9.66. The lowest BCUT2D eigenvalue weighted by atomic mass is 10.1. The van der Waals surface area contributed by atoms with Gasteiger partial charge in [0.25, 0.3) is 5.91 Å². The minimum atomic E-state index is -0.432. The van der Waals surface area contributed by atoms with Gasteiger partial charge >= 0.3 is 0 Å². The fourth-order valence-corrected chi connectivity index (χ4v) is 1.98. The summed E-state index contributed by atoms with van der Waals surface area (Å²) in [4.78, 5) is 27.1. The van der Waals surface area contributed by atoms with Crippen molar-refractivity contribution in [2.24, 2.45) is 5.92 Å². The maximum Gasteiger partial charge on any atom is 0.270 e. The van der Waals surface area contributed by atoms with Crippen LogP contribution in [0.4, 0.5) is 0 Å². The third-order valence-electron chi connectivity index (χ3n) is 3.17. The number of aliphatic hydroxyl groups is 1. The number of aromatic nitrogens is 1. The van der Waals surface area contributed by atoms with Crippen molar-refractivity contribution in [2.45, 2.75) is 6.10 Å². The zero-order valence-corrected chi connectivity index (χ0v) is 13.5. The fourth-order valence-electron chi connectivity index (χ4n) is 1.98. The number of rotatable bonds is 5. The minimum absolute atomic E-state index is 0. The maximum atomic E-state index is 11.7. The Hall–Kier alpha value is -1.41. The van der Waals surface area contributed by atoms with Crippen molar-refractivity contribution in [2.75, 3.05) is 26.2 Å². The number of hydrogen-bond acceptors (Lipinski definition) is 5. The predicted octanol–water partition coefficient (Wildman–Crippen LogP) is -0.649. The number of aliphatic hydroxyl groups excluding tert-OH is 1. The number of hydrogen-bond donors (Lipinski definition) is 4. The van der Waals surface area contributed by atoms with Gasteiger partial charge in [-0.05, 0) is 12.1 Å². The van der Waals surface area contributed by atoms with Gasteiger partial charge in [-0.25, -0.2) is 0 Å². The molecule has 0 aromatic carbocycles. The molecular weight excluding hydrogens is 331 g/mol. The smallest absolute Gasteiger partial charge is 0.270 e. The summed E-state index contributed by atoms with van der Waals surface area (Å²) in [7, 11) is 0. The lowest BCUT2D eigenvalue weighted by Gasteiger charge is -2.14. The van der Waals surface area contributed by atoms with Crippen molar-refractivity contribution in [1.29, 1.82) is 0 Å². The van der Waals surface area contributed by atoms with E-state index in [1.54, 1.807) is 18.2 Å². The molecule has 7 nitrogen and oxygen atoms in total. The SMILES string of the molecule is Cl.Cl.O=C(CNC(=O)c1ccccn1)NCC1CNCC1O. The van der Waals surface area contributed by atoms with Crippen LogP contribution in [0.25, 0.3) is 0 Å². The average Bonchev–Trinajstić information content (AvgIpc) is 2.89. The molecule has 0 saturated carbocycles. The van der Waals surface area contributed by atoms with Gasteiger partial charge in [0.2, 0.25) is 5.91 Å². The molecule has 1 saturated heterocycles. The van der Waals surface area contributed by atoms with Crippen molar-refractivity contribution in [1.82, 2.24) is 20.9 Å². The van der Waals surface area contributed by atoms with E-state index < -0.39 is 6.10 Å². The highest BCUT2D eigenvalue weighted by atomic mass is 35.5. The van der Waals surface area contributed by atoms with E-state index in [1.165, 1.54) is 6.20 Å². The number of nitrogens with zero attached hydrogens (tertiary/aromatic N) is 1. The third kappa shape index (κ3) is 6.15. The molecule has 0 aliphatic carbocycles. The summed E-state index contributed by atoms with van der Waals surface area (Å²) in [5, 5.41) is 17.8. The summed E-state index contributed by atoms with van der Waals surface area (Å²) >= 11 is 0. The van der Waals surface area contributed by atoms with E-state index in [9.17, 15) is 14.7 Å². The molecule has 1 aliphatic rings. The summed E-state index contributed by atoms with van der Waals surface area (Å²) in [5.41, 5.74) is 0.274. The molecule has 9 heteroatoms. The van der Waals surface area contributed by atoms with Crippen LogP contribution < -0.4 is 16.0 Å². The van der Waals surface area contributed by atoms with Crippen LogP contribution in [-0.2, 0) is 4.79 Å². The molecular formula is C13H20Cl2N4O3. The van der Waals surface area contributed by atoms with Gasteiger partial charge in [-0.3, -0.25) is 14.6 Å². The molecule has 1 aliphatic heterocycles. The molecule has 2 atom stereocenters. The number of pyridine rings is 1. The van der Waals surface area contributed by atoms with E-state index in [1.807, 2.05) is 0 Å². The molecule has 2 amide bonds. The molecule has 0 bridgehead atoms. The van der Waals surface area contributed by atoms with Crippen LogP contribution in [-0.4, -0.2) is 54.2 Å². The Bertz CT molecular complexity index is 476. The lowest BCUT2D eigenvalue weighted by molar-refractivity contribution is -0.120. The van der Waals surface area contributed by atoms with E-state index in [0.717, 1.165) is 0 Å². The summed E-state index contributed by atoms with van der Waals surface area (Å²) in [6.07, 6.45) is 1.09. The first kappa shape index (κ1) is 20.6. The van der Waals surface area contributed by atoms with E-state index in [0.29, 0.717) is 19.6 Å². The van der Waals surface area contributed by atoms with Gasteiger partial charge in [0.05, 0.1) is 12.6 Å². The highest BCUT2D eigenvalue weighted by molar-refractivity contribution is 5.94. The van der Waals surface area contributed by atoms with Gasteiger partial charge in [0.15, 0.2) is 0 Å². The van der Waals surface area contributed by atoms with Crippen molar-refractivity contribution in [3.05, 3.63) is 30.1 Å². The number of β-amino-alcohol motifs (C(OH)–C–C–N with tert-alkyl or cyclic N) is 1. The summed E-state index contributed by atoms with van der Waals surface area (Å²) < 4.78 is 0. The monoisotopic (exact) mass is 350 g/mol. The summed E-state index contributed by atoms with van der Waals surface area (Å²) in [6, 6.07) is 4.99. The Morgan fingerprint density at radius 2 is 2.05 bits per heavy atom. The normalized spacial score (nSPS) is 19.5. The van der Waals surface area contributed by atoms with Gasteiger partial charge in [0.1, 0.15) is 5.69 Å². The zero-order chi connectivity index (χ0) is 14.4. The summed E-state index contributed by atoms with van der Waals surface area (Å²) in [5.74, 6) is -0.651. The van der Waals surface area contributed by atoms with E-state index in [-0.39, 0.29) is 54.8 Å². The molecule has 1 fully saturated rings. The first-order valence-corrected chi connectivity index (χ1v) is 6.51. The second kappa shape index (κ2) is 10.3. The number of carbonyl (C=O) groups excluding carboxylic acids is 2. The topological polar surface area (TPSA) is 103 Å². The Morgan fingerprint density at radius 3 is 2.64 bits per heavy atom. The third-order valence-corrected chi connectivity index (χ3v) is 3.17. The number of nitrogens with one attached hydrogen (secondary N) is 3. The number of carbonyl (C=O) groups is 2. The molecule has 0 spiro atoms. The van der Waals surface area contributed by atoms with Crippen LogP contribution in [0, 0.1) is 5.92 Å². The Kier molecular flexibility index (Phi) is 9.68. The Balaban J connectivity index is 0.00000220. The summed E-state index contributed by atoms with van der Waals surface area (Å²) in [6.45, 7) is 1.52. The van der Waals surface area contributed by atoms with E-state index in [4.69, 9.17) is 0 Å². The van der Waals surface area contributed by atoms with Crippen LogP contribution in [0.15, 0.2) is 24.4 Å². The quantitative estimate of drug-likeness (QED) is 0.565. The molecule has 2 heterocycles. The van der Waals surface area contributed by atoms with Crippen LogP contribution in [0.2, 0.25) is 0 Å². The number of halogens is 2. The van der Waals surface area contributed by atoms with Crippen molar-refractivity contribution >= 4 is 36.6 Å². The lowest BCUT2D eigenvalue weighted by Crippen LogP contribution is -2.40. The highest BCUT2D eigenvalue weighted by Crippen LogP contribution is 2.06.